The van der Waals surface area contributed by atoms with Crippen LogP contribution in [0.15, 0.2) is 0 Å². The monoisotopic (exact) mass is 161 g/mol. The summed E-state index contributed by atoms with van der Waals surface area (Å²) in [4.78, 5) is 10.7. The second-order valence-corrected chi connectivity index (χ2v) is 2.62. The largest absolute Gasteiger partial charge is 0.852 e. The number of rotatable bonds is 4. The number of carbonyl (C=O) groups excluding carboxylic acids is 1. The lowest BCUT2D eigenvalue weighted by atomic mass is 10.0. The maximum atomic E-state index is 10.7. The lowest BCUT2D eigenvalue weighted by Crippen LogP contribution is -2.38. The Bertz CT molecular complexity index is 130. The molecule has 0 radical (unpaired) electrons. The van der Waals surface area contributed by atoms with Crippen molar-refractivity contribution in [2.45, 2.75) is 25.9 Å². The summed E-state index contributed by atoms with van der Waals surface area (Å²) in [5.41, 5.74) is -1.47. The maximum absolute atomic E-state index is 10.7. The van der Waals surface area contributed by atoms with Crippen LogP contribution in [-0.2, 0) is 9.53 Å². The summed E-state index contributed by atoms with van der Waals surface area (Å²) < 4.78 is 4.54. The van der Waals surface area contributed by atoms with E-state index in [9.17, 15) is 9.90 Å². The molecule has 0 aliphatic rings. The molecule has 0 spiro atoms. The van der Waals surface area contributed by atoms with Gasteiger partial charge in [0.15, 0.2) is 0 Å². The highest BCUT2D eigenvalue weighted by Gasteiger charge is 2.19. The van der Waals surface area contributed by atoms with Crippen molar-refractivity contribution in [2.75, 3.05) is 13.2 Å². The van der Waals surface area contributed by atoms with Crippen molar-refractivity contribution in [3.05, 3.63) is 0 Å². The molecule has 1 atom stereocenters. The fourth-order valence-corrected chi connectivity index (χ4v) is 0.574. The first kappa shape index (κ1) is 10.4. The van der Waals surface area contributed by atoms with E-state index < -0.39 is 18.2 Å². The molecule has 0 amide bonds. The third-order valence-corrected chi connectivity index (χ3v) is 1.14. The average molecular weight is 161 g/mol. The predicted molar refractivity (Wildman–Crippen MR) is 36.7 cm³/mol. The molecule has 66 valence electrons. The van der Waals surface area contributed by atoms with Gasteiger partial charge in [-0.3, -0.25) is 4.79 Å². The van der Waals surface area contributed by atoms with E-state index in [4.69, 9.17) is 5.11 Å². The molecule has 0 heterocycles. The summed E-state index contributed by atoms with van der Waals surface area (Å²) >= 11 is 0. The van der Waals surface area contributed by atoms with E-state index in [1.54, 1.807) is 6.92 Å². The first-order valence-corrected chi connectivity index (χ1v) is 3.48. The van der Waals surface area contributed by atoms with Crippen molar-refractivity contribution in [2.24, 2.45) is 0 Å². The van der Waals surface area contributed by atoms with Crippen LogP contribution < -0.4 is 5.11 Å². The molecule has 11 heavy (non-hydrogen) atoms. The van der Waals surface area contributed by atoms with E-state index >= 15 is 0 Å². The molecule has 4 heteroatoms. The molecule has 0 fully saturated rings. The van der Waals surface area contributed by atoms with E-state index in [-0.39, 0.29) is 13.0 Å². The molecule has 1 N–H and O–H groups in total. The Hall–Kier alpha value is -0.610. The molecule has 0 bridgehead atoms. The van der Waals surface area contributed by atoms with Crippen LogP contribution in [0.4, 0.5) is 0 Å². The highest BCUT2D eigenvalue weighted by atomic mass is 16.5. The molecule has 1 unspecified atom stereocenters. The lowest BCUT2D eigenvalue weighted by Gasteiger charge is -2.24. The van der Waals surface area contributed by atoms with Crippen molar-refractivity contribution in [3.8, 4) is 0 Å². The maximum Gasteiger partial charge on any atom is 0.308 e. The minimum Gasteiger partial charge on any atom is -0.852 e. The van der Waals surface area contributed by atoms with E-state index in [1.165, 1.54) is 6.92 Å². The molecule has 0 rings (SSSR count). The second-order valence-electron chi connectivity index (χ2n) is 2.62. The van der Waals surface area contributed by atoms with Gasteiger partial charge >= 0.3 is 5.97 Å². The SMILES string of the molecule is CCOC(=O)CC(C)(O)C[O-]. The zero-order valence-corrected chi connectivity index (χ0v) is 6.79. The molecule has 0 saturated carbocycles. The number of carbonyl (C=O) groups is 1. The first-order valence-electron chi connectivity index (χ1n) is 3.48. The summed E-state index contributed by atoms with van der Waals surface area (Å²) in [7, 11) is 0. The summed E-state index contributed by atoms with van der Waals surface area (Å²) in [6, 6.07) is 0. The van der Waals surface area contributed by atoms with Crippen LogP contribution >= 0.6 is 0 Å². The smallest absolute Gasteiger partial charge is 0.308 e. The molecular formula is C7H13O4-. The van der Waals surface area contributed by atoms with Gasteiger partial charge in [-0.25, -0.2) is 0 Å². The van der Waals surface area contributed by atoms with Crippen LogP contribution in [0.1, 0.15) is 20.3 Å². The van der Waals surface area contributed by atoms with Crippen LogP contribution in [0.5, 0.6) is 0 Å². The summed E-state index contributed by atoms with van der Waals surface area (Å²) in [6.45, 7) is 2.57. The van der Waals surface area contributed by atoms with Crippen LogP contribution in [0.25, 0.3) is 0 Å². The van der Waals surface area contributed by atoms with Crippen molar-refractivity contribution < 1.29 is 19.7 Å². The Balaban J connectivity index is 3.74. The van der Waals surface area contributed by atoms with E-state index in [2.05, 4.69) is 4.74 Å². The van der Waals surface area contributed by atoms with Gasteiger partial charge in [0.25, 0.3) is 0 Å². The fourth-order valence-electron chi connectivity index (χ4n) is 0.574. The molecule has 0 aromatic carbocycles. The zero-order chi connectivity index (χ0) is 8.91. The first-order chi connectivity index (χ1) is 5.02. The van der Waals surface area contributed by atoms with Crippen LogP contribution in [0.2, 0.25) is 0 Å². The Kier molecular flexibility index (Phi) is 4.07. The Morgan fingerprint density at radius 3 is 2.64 bits per heavy atom. The molecule has 0 saturated heterocycles. The van der Waals surface area contributed by atoms with Gasteiger partial charge in [-0.15, -0.1) is 6.61 Å². The van der Waals surface area contributed by atoms with Gasteiger partial charge in [0.1, 0.15) is 0 Å². The molecule has 0 aliphatic heterocycles. The van der Waals surface area contributed by atoms with Gasteiger partial charge in [0.05, 0.1) is 18.6 Å². The standard InChI is InChI=1S/C7H13O4/c1-3-11-6(9)4-7(2,10)5-8/h10H,3-5H2,1-2H3/q-1. The molecule has 0 aromatic rings. The van der Waals surface area contributed by atoms with Gasteiger partial charge in [-0.1, -0.05) is 0 Å². The summed E-state index contributed by atoms with van der Waals surface area (Å²) in [6.07, 6.45) is -0.232. The van der Waals surface area contributed by atoms with Crippen molar-refractivity contribution in [3.63, 3.8) is 0 Å². The minimum atomic E-state index is -1.47. The van der Waals surface area contributed by atoms with Crippen LogP contribution in [-0.4, -0.2) is 29.9 Å². The van der Waals surface area contributed by atoms with Gasteiger partial charge < -0.3 is 14.9 Å². The Labute approximate surface area is 65.8 Å². The van der Waals surface area contributed by atoms with Crippen molar-refractivity contribution in [1.29, 1.82) is 0 Å². The fraction of sp³-hybridized carbons (Fsp3) is 0.857. The predicted octanol–water partition coefficient (Wildman–Crippen LogP) is -0.949. The normalized spacial score (nSPS) is 15.6. The third kappa shape index (κ3) is 4.75. The number of hydrogen-bond acceptors (Lipinski definition) is 4. The van der Waals surface area contributed by atoms with Gasteiger partial charge in [0.2, 0.25) is 0 Å². The van der Waals surface area contributed by atoms with Crippen LogP contribution in [0, 0.1) is 0 Å². The van der Waals surface area contributed by atoms with E-state index in [0.29, 0.717) is 0 Å². The summed E-state index contributed by atoms with van der Waals surface area (Å²) in [5.74, 6) is -0.534. The van der Waals surface area contributed by atoms with Crippen LogP contribution in [0.3, 0.4) is 0 Å². The molecular weight excluding hydrogens is 148 g/mol. The lowest BCUT2D eigenvalue weighted by molar-refractivity contribution is -0.397. The highest BCUT2D eigenvalue weighted by molar-refractivity contribution is 5.70. The van der Waals surface area contributed by atoms with E-state index in [0.717, 1.165) is 0 Å². The van der Waals surface area contributed by atoms with E-state index in [1.807, 2.05) is 0 Å². The average Bonchev–Trinajstić information content (AvgIpc) is 1.87. The minimum absolute atomic E-state index is 0.232. The summed E-state index contributed by atoms with van der Waals surface area (Å²) in [5, 5.41) is 19.3. The van der Waals surface area contributed by atoms with Crippen molar-refractivity contribution >= 4 is 5.97 Å². The molecule has 0 aliphatic carbocycles. The highest BCUT2D eigenvalue weighted by Crippen LogP contribution is 2.07. The number of ether oxygens (including phenoxy) is 1. The third-order valence-electron chi connectivity index (χ3n) is 1.14. The topological polar surface area (TPSA) is 69.6 Å². The number of esters is 1. The van der Waals surface area contributed by atoms with Gasteiger partial charge in [-0.05, 0) is 13.8 Å². The van der Waals surface area contributed by atoms with Gasteiger partial charge in [0, 0.05) is 0 Å². The molecule has 4 nitrogen and oxygen atoms in total. The number of aliphatic hydroxyl groups is 1. The number of hydrogen-bond donors (Lipinski definition) is 1. The Morgan fingerprint density at radius 1 is 1.73 bits per heavy atom. The quantitative estimate of drug-likeness (QED) is 0.540. The Morgan fingerprint density at radius 2 is 2.27 bits per heavy atom. The second kappa shape index (κ2) is 4.31. The van der Waals surface area contributed by atoms with Crippen molar-refractivity contribution in [1.82, 2.24) is 0 Å². The zero-order valence-electron chi connectivity index (χ0n) is 6.79. The molecule has 0 aromatic heterocycles. The van der Waals surface area contributed by atoms with Gasteiger partial charge in [-0.2, -0.15) is 0 Å².